The van der Waals surface area contributed by atoms with Gasteiger partial charge < -0.3 is 9.15 Å². The van der Waals surface area contributed by atoms with Crippen LogP contribution in [0.5, 0.6) is 0 Å². The summed E-state index contributed by atoms with van der Waals surface area (Å²) in [5.41, 5.74) is 1.62. The van der Waals surface area contributed by atoms with E-state index in [9.17, 15) is 22.8 Å². The Morgan fingerprint density at radius 3 is 2.47 bits per heavy atom. The van der Waals surface area contributed by atoms with Gasteiger partial charge in [-0.2, -0.15) is 0 Å². The quantitative estimate of drug-likeness (QED) is 0.523. The molecule has 3 aromatic rings. The standard InChI is InChI=1S/C22H20N2O7S/c1-14-5-3-6-17(11-14)24-32(28,29)19-12-16(9-8-15(19)2)22(27)31-13-20(25)23-21(26)18-7-4-10-30-18/h3-12,24H,13H2,1-2H3,(H,23,25,26). The smallest absolute Gasteiger partial charge is 0.338 e. The van der Waals surface area contributed by atoms with Crippen molar-refractivity contribution < 1.29 is 32.0 Å². The van der Waals surface area contributed by atoms with Crippen LogP contribution in [0.25, 0.3) is 0 Å². The number of nitrogens with one attached hydrogen (secondary N) is 2. The third-order valence-corrected chi connectivity index (χ3v) is 5.84. The molecule has 166 valence electrons. The van der Waals surface area contributed by atoms with Gasteiger partial charge in [-0.05, 0) is 61.4 Å². The second-order valence-corrected chi connectivity index (χ2v) is 8.54. The van der Waals surface area contributed by atoms with E-state index in [1.54, 1.807) is 25.1 Å². The van der Waals surface area contributed by atoms with Gasteiger partial charge in [0, 0.05) is 5.69 Å². The summed E-state index contributed by atoms with van der Waals surface area (Å²) < 4.78 is 37.9. The van der Waals surface area contributed by atoms with E-state index in [1.807, 2.05) is 18.3 Å². The number of ether oxygens (including phenoxy) is 1. The molecule has 0 radical (unpaired) electrons. The van der Waals surface area contributed by atoms with Crippen LogP contribution in [-0.4, -0.2) is 32.8 Å². The van der Waals surface area contributed by atoms with Crippen molar-refractivity contribution in [3.63, 3.8) is 0 Å². The molecule has 3 rings (SSSR count). The Morgan fingerprint density at radius 1 is 1.00 bits per heavy atom. The molecule has 0 fully saturated rings. The predicted octanol–water partition coefficient (Wildman–Crippen LogP) is 2.81. The van der Waals surface area contributed by atoms with Crippen molar-refractivity contribution in [1.29, 1.82) is 0 Å². The summed E-state index contributed by atoms with van der Waals surface area (Å²) in [5.74, 6) is -2.63. The average Bonchev–Trinajstić information content (AvgIpc) is 3.27. The molecule has 0 saturated heterocycles. The summed E-state index contributed by atoms with van der Waals surface area (Å²) in [6.45, 7) is 2.69. The minimum absolute atomic E-state index is 0.0645. The first kappa shape index (κ1) is 22.8. The highest BCUT2D eigenvalue weighted by Gasteiger charge is 2.21. The Hall–Kier alpha value is -3.92. The predicted molar refractivity (Wildman–Crippen MR) is 115 cm³/mol. The molecule has 0 spiro atoms. The Labute approximate surface area is 184 Å². The number of sulfonamides is 1. The lowest BCUT2D eigenvalue weighted by atomic mass is 10.1. The van der Waals surface area contributed by atoms with E-state index in [-0.39, 0.29) is 16.2 Å². The molecule has 2 aromatic carbocycles. The van der Waals surface area contributed by atoms with E-state index in [0.717, 1.165) is 5.56 Å². The zero-order valence-corrected chi connectivity index (χ0v) is 18.1. The molecule has 9 nitrogen and oxygen atoms in total. The van der Waals surface area contributed by atoms with Gasteiger partial charge in [-0.3, -0.25) is 19.6 Å². The number of rotatable bonds is 7. The van der Waals surface area contributed by atoms with Crippen LogP contribution in [-0.2, 0) is 19.6 Å². The fourth-order valence-corrected chi connectivity index (χ4v) is 4.10. The number of esters is 1. The number of benzene rings is 2. The SMILES string of the molecule is Cc1cccc(NS(=O)(=O)c2cc(C(=O)OCC(=O)NC(=O)c3ccco3)ccc2C)c1. The number of anilines is 1. The van der Waals surface area contributed by atoms with Crippen LogP contribution in [0.3, 0.4) is 0 Å². The van der Waals surface area contributed by atoms with Crippen LogP contribution in [0, 0.1) is 13.8 Å². The maximum atomic E-state index is 12.8. The van der Waals surface area contributed by atoms with Crippen LogP contribution in [0.2, 0.25) is 0 Å². The van der Waals surface area contributed by atoms with Crippen molar-refractivity contribution in [3.8, 4) is 0 Å². The first-order chi connectivity index (χ1) is 15.2. The van der Waals surface area contributed by atoms with E-state index in [4.69, 9.17) is 9.15 Å². The van der Waals surface area contributed by atoms with Gasteiger partial charge in [-0.25, -0.2) is 13.2 Å². The van der Waals surface area contributed by atoms with Crippen molar-refractivity contribution in [2.45, 2.75) is 18.7 Å². The monoisotopic (exact) mass is 456 g/mol. The van der Waals surface area contributed by atoms with Crippen LogP contribution in [0.4, 0.5) is 5.69 Å². The molecule has 0 aliphatic heterocycles. The molecular weight excluding hydrogens is 436 g/mol. The molecule has 2 N–H and O–H groups in total. The lowest BCUT2D eigenvalue weighted by Crippen LogP contribution is -2.34. The molecule has 0 bridgehead atoms. The molecule has 1 aromatic heterocycles. The van der Waals surface area contributed by atoms with Gasteiger partial charge in [-0.15, -0.1) is 0 Å². The molecule has 10 heteroatoms. The zero-order valence-electron chi connectivity index (χ0n) is 17.2. The van der Waals surface area contributed by atoms with E-state index in [1.165, 1.54) is 36.6 Å². The highest BCUT2D eigenvalue weighted by atomic mass is 32.2. The highest BCUT2D eigenvalue weighted by molar-refractivity contribution is 7.92. The van der Waals surface area contributed by atoms with Crippen molar-refractivity contribution in [3.05, 3.63) is 83.3 Å². The third-order valence-electron chi connectivity index (χ3n) is 4.32. The molecule has 0 aliphatic carbocycles. The van der Waals surface area contributed by atoms with Gasteiger partial charge in [0.05, 0.1) is 16.7 Å². The first-order valence-electron chi connectivity index (χ1n) is 9.40. The van der Waals surface area contributed by atoms with Crippen LogP contribution >= 0.6 is 0 Å². The molecular formula is C22H20N2O7S. The van der Waals surface area contributed by atoms with Crippen LogP contribution in [0.15, 0.2) is 70.2 Å². The van der Waals surface area contributed by atoms with Crippen molar-refractivity contribution in [2.75, 3.05) is 11.3 Å². The summed E-state index contributed by atoms with van der Waals surface area (Å²) in [4.78, 5) is 35.8. The van der Waals surface area contributed by atoms with Gasteiger partial charge in [0.15, 0.2) is 12.4 Å². The van der Waals surface area contributed by atoms with Crippen molar-refractivity contribution in [2.24, 2.45) is 0 Å². The van der Waals surface area contributed by atoms with Crippen LogP contribution < -0.4 is 10.0 Å². The fraction of sp³-hybridized carbons (Fsp3) is 0.136. The summed E-state index contributed by atoms with van der Waals surface area (Å²) in [5, 5.41) is 2.01. The molecule has 32 heavy (non-hydrogen) atoms. The Bertz CT molecular complexity index is 1270. The number of hydrogen-bond donors (Lipinski definition) is 2. The van der Waals surface area contributed by atoms with Gasteiger partial charge in [-0.1, -0.05) is 18.2 Å². The normalized spacial score (nSPS) is 10.9. The van der Waals surface area contributed by atoms with Gasteiger partial charge in [0.2, 0.25) is 0 Å². The lowest BCUT2D eigenvalue weighted by Gasteiger charge is -2.12. The fourth-order valence-electron chi connectivity index (χ4n) is 2.78. The van der Waals surface area contributed by atoms with Crippen molar-refractivity contribution in [1.82, 2.24) is 5.32 Å². The van der Waals surface area contributed by atoms with E-state index >= 15 is 0 Å². The number of hydrogen-bond acceptors (Lipinski definition) is 7. The Kier molecular flexibility index (Phi) is 6.74. The minimum Gasteiger partial charge on any atom is -0.459 e. The van der Waals surface area contributed by atoms with Gasteiger partial charge >= 0.3 is 5.97 Å². The summed E-state index contributed by atoms with van der Waals surface area (Å²) in [6.07, 6.45) is 1.27. The minimum atomic E-state index is -3.98. The summed E-state index contributed by atoms with van der Waals surface area (Å²) in [6, 6.07) is 13.7. The highest BCUT2D eigenvalue weighted by Crippen LogP contribution is 2.22. The number of aryl methyl sites for hydroxylation is 2. The molecule has 2 amide bonds. The number of furan rings is 1. The summed E-state index contributed by atoms with van der Waals surface area (Å²) >= 11 is 0. The van der Waals surface area contributed by atoms with E-state index in [2.05, 4.69) is 4.72 Å². The summed E-state index contributed by atoms with van der Waals surface area (Å²) in [7, 11) is -3.98. The second-order valence-electron chi connectivity index (χ2n) is 6.89. The Balaban J connectivity index is 1.68. The third kappa shape index (κ3) is 5.61. The number of amides is 2. The maximum Gasteiger partial charge on any atom is 0.338 e. The molecule has 1 heterocycles. The number of imide groups is 1. The molecule has 0 atom stereocenters. The van der Waals surface area contributed by atoms with E-state index in [0.29, 0.717) is 11.3 Å². The average molecular weight is 456 g/mol. The Morgan fingerprint density at radius 2 is 1.78 bits per heavy atom. The van der Waals surface area contributed by atoms with Gasteiger partial charge in [0.1, 0.15) is 0 Å². The van der Waals surface area contributed by atoms with Crippen molar-refractivity contribution >= 4 is 33.5 Å². The molecule has 0 saturated carbocycles. The van der Waals surface area contributed by atoms with E-state index < -0.39 is 34.4 Å². The maximum absolute atomic E-state index is 12.8. The van der Waals surface area contributed by atoms with Crippen LogP contribution in [0.1, 0.15) is 32.0 Å². The zero-order chi connectivity index (χ0) is 23.3. The van der Waals surface area contributed by atoms with Gasteiger partial charge in [0.25, 0.3) is 21.8 Å². The first-order valence-corrected chi connectivity index (χ1v) is 10.9. The number of carbonyl (C=O) groups is 3. The lowest BCUT2D eigenvalue weighted by molar-refractivity contribution is -0.123. The topological polar surface area (TPSA) is 132 Å². The molecule has 0 aliphatic rings. The second kappa shape index (κ2) is 9.48. The molecule has 0 unspecified atom stereocenters. The number of carbonyl (C=O) groups excluding carboxylic acids is 3. The largest absolute Gasteiger partial charge is 0.459 e.